The van der Waals surface area contributed by atoms with Crippen LogP contribution in [0.3, 0.4) is 0 Å². The van der Waals surface area contributed by atoms with Crippen LogP contribution in [0.2, 0.25) is 5.02 Å². The first kappa shape index (κ1) is 17.5. The van der Waals surface area contributed by atoms with Gasteiger partial charge in [0, 0.05) is 15.5 Å². The summed E-state index contributed by atoms with van der Waals surface area (Å²) in [6.07, 6.45) is 0. The summed E-state index contributed by atoms with van der Waals surface area (Å²) in [4.78, 5) is 17.6. The molecule has 1 heterocycles. The molecule has 128 valence electrons. The summed E-state index contributed by atoms with van der Waals surface area (Å²) in [6.45, 7) is 3.88. The third-order valence-electron chi connectivity index (χ3n) is 3.50. The molecule has 0 spiro atoms. The Balaban J connectivity index is 1.65. The standard InChI is InChI=1S/C19H17ClN2O2S/c1-12-5-3-8-16(9-12)24-11-17(23)21-19-22-18(13(2)25-19)14-6-4-7-15(20)10-14/h3-10H,11H2,1-2H3,(H,21,22,23). The van der Waals surface area contributed by atoms with Gasteiger partial charge >= 0.3 is 0 Å². The SMILES string of the molecule is Cc1cccc(OCC(=O)Nc2nc(-c3cccc(Cl)c3)c(C)s2)c1. The van der Waals surface area contributed by atoms with E-state index in [1.807, 2.05) is 62.4 Å². The normalized spacial score (nSPS) is 10.5. The van der Waals surface area contributed by atoms with Gasteiger partial charge < -0.3 is 4.74 Å². The molecule has 0 unspecified atom stereocenters. The van der Waals surface area contributed by atoms with Crippen LogP contribution in [0.15, 0.2) is 48.5 Å². The Kier molecular flexibility index (Phi) is 5.36. The van der Waals surface area contributed by atoms with Crippen molar-refractivity contribution in [3.05, 3.63) is 64.0 Å². The third-order valence-corrected chi connectivity index (χ3v) is 4.62. The quantitative estimate of drug-likeness (QED) is 0.678. The Morgan fingerprint density at radius 3 is 2.76 bits per heavy atom. The zero-order valence-electron chi connectivity index (χ0n) is 13.9. The van der Waals surface area contributed by atoms with Gasteiger partial charge in [0.1, 0.15) is 5.75 Å². The fraction of sp³-hybridized carbons (Fsp3) is 0.158. The minimum absolute atomic E-state index is 0.0609. The van der Waals surface area contributed by atoms with Gasteiger partial charge in [-0.15, -0.1) is 11.3 Å². The zero-order valence-corrected chi connectivity index (χ0v) is 15.4. The molecule has 1 aromatic heterocycles. The zero-order chi connectivity index (χ0) is 17.8. The summed E-state index contributed by atoms with van der Waals surface area (Å²) in [5.74, 6) is 0.429. The van der Waals surface area contributed by atoms with E-state index in [1.54, 1.807) is 0 Å². The summed E-state index contributed by atoms with van der Waals surface area (Å²) in [6, 6.07) is 15.1. The number of nitrogens with one attached hydrogen (secondary N) is 1. The fourth-order valence-corrected chi connectivity index (χ4v) is 3.41. The lowest BCUT2D eigenvalue weighted by Crippen LogP contribution is -2.20. The van der Waals surface area contributed by atoms with Crippen LogP contribution in [0.4, 0.5) is 5.13 Å². The minimum atomic E-state index is -0.243. The average molecular weight is 373 g/mol. The van der Waals surface area contributed by atoms with Crippen molar-refractivity contribution in [1.29, 1.82) is 0 Å². The van der Waals surface area contributed by atoms with E-state index < -0.39 is 0 Å². The third kappa shape index (κ3) is 4.59. The number of rotatable bonds is 5. The number of benzene rings is 2. The van der Waals surface area contributed by atoms with Gasteiger partial charge in [0.15, 0.2) is 11.7 Å². The van der Waals surface area contributed by atoms with Gasteiger partial charge in [0.2, 0.25) is 0 Å². The smallest absolute Gasteiger partial charge is 0.264 e. The molecule has 3 aromatic rings. The van der Waals surface area contributed by atoms with Crippen LogP contribution in [0.25, 0.3) is 11.3 Å². The second kappa shape index (κ2) is 7.68. The van der Waals surface area contributed by atoms with Crippen LogP contribution in [-0.4, -0.2) is 17.5 Å². The molecule has 0 aliphatic carbocycles. The number of aryl methyl sites for hydroxylation is 2. The van der Waals surface area contributed by atoms with Crippen molar-refractivity contribution in [3.8, 4) is 17.0 Å². The van der Waals surface area contributed by atoms with Crippen molar-refractivity contribution in [1.82, 2.24) is 4.98 Å². The Hall–Kier alpha value is -2.37. The van der Waals surface area contributed by atoms with Crippen LogP contribution in [0.1, 0.15) is 10.4 Å². The second-order valence-corrected chi connectivity index (χ2v) is 7.23. The van der Waals surface area contributed by atoms with Gasteiger partial charge in [-0.3, -0.25) is 10.1 Å². The molecule has 25 heavy (non-hydrogen) atoms. The van der Waals surface area contributed by atoms with Crippen LogP contribution in [0.5, 0.6) is 5.75 Å². The van der Waals surface area contributed by atoms with Gasteiger partial charge in [0.25, 0.3) is 5.91 Å². The number of anilines is 1. The number of hydrogen-bond donors (Lipinski definition) is 1. The van der Waals surface area contributed by atoms with Gasteiger partial charge in [-0.2, -0.15) is 0 Å². The number of carbonyl (C=O) groups is 1. The molecule has 0 fully saturated rings. The number of amides is 1. The number of nitrogens with zero attached hydrogens (tertiary/aromatic N) is 1. The first-order chi connectivity index (χ1) is 12.0. The summed E-state index contributed by atoms with van der Waals surface area (Å²) in [7, 11) is 0. The minimum Gasteiger partial charge on any atom is -0.484 e. The number of halogens is 1. The van der Waals surface area contributed by atoms with E-state index in [4.69, 9.17) is 16.3 Å². The molecule has 0 radical (unpaired) electrons. The lowest BCUT2D eigenvalue weighted by Gasteiger charge is -2.06. The highest BCUT2D eigenvalue weighted by molar-refractivity contribution is 7.16. The highest BCUT2D eigenvalue weighted by Gasteiger charge is 2.12. The molecule has 0 atom stereocenters. The lowest BCUT2D eigenvalue weighted by molar-refractivity contribution is -0.118. The lowest BCUT2D eigenvalue weighted by atomic mass is 10.1. The number of thiazole rings is 1. The molecular weight excluding hydrogens is 356 g/mol. The molecule has 3 rings (SSSR count). The maximum Gasteiger partial charge on any atom is 0.264 e. The molecule has 6 heteroatoms. The molecule has 1 amide bonds. The van der Waals surface area contributed by atoms with Crippen LogP contribution >= 0.6 is 22.9 Å². The second-order valence-electron chi connectivity index (χ2n) is 5.59. The molecule has 4 nitrogen and oxygen atoms in total. The first-order valence-electron chi connectivity index (χ1n) is 7.74. The average Bonchev–Trinajstić information content (AvgIpc) is 2.93. The van der Waals surface area contributed by atoms with E-state index in [9.17, 15) is 4.79 Å². The van der Waals surface area contributed by atoms with Crippen molar-refractivity contribution in [2.45, 2.75) is 13.8 Å². The summed E-state index contributed by atoms with van der Waals surface area (Å²) < 4.78 is 5.51. The Labute approximate surface area is 155 Å². The molecule has 2 aromatic carbocycles. The van der Waals surface area contributed by atoms with Crippen LogP contribution in [0, 0.1) is 13.8 Å². The van der Waals surface area contributed by atoms with Crippen LogP contribution in [-0.2, 0) is 4.79 Å². The molecule has 0 aliphatic rings. The van der Waals surface area contributed by atoms with E-state index >= 15 is 0 Å². The van der Waals surface area contributed by atoms with Crippen LogP contribution < -0.4 is 10.1 Å². The van der Waals surface area contributed by atoms with Gasteiger partial charge in [-0.25, -0.2) is 4.98 Å². The van der Waals surface area contributed by atoms with Crippen molar-refractivity contribution in [2.24, 2.45) is 0 Å². The van der Waals surface area contributed by atoms with E-state index in [2.05, 4.69) is 10.3 Å². The number of carbonyl (C=O) groups excluding carboxylic acids is 1. The van der Waals surface area contributed by atoms with Gasteiger partial charge in [-0.05, 0) is 43.7 Å². The molecule has 0 saturated heterocycles. The largest absolute Gasteiger partial charge is 0.484 e. The Bertz CT molecular complexity index is 908. The topological polar surface area (TPSA) is 51.2 Å². The summed E-state index contributed by atoms with van der Waals surface area (Å²) >= 11 is 7.46. The highest BCUT2D eigenvalue weighted by atomic mass is 35.5. The van der Waals surface area contributed by atoms with E-state index in [1.165, 1.54) is 11.3 Å². The molecule has 0 saturated carbocycles. The number of aromatic nitrogens is 1. The summed E-state index contributed by atoms with van der Waals surface area (Å²) in [5.41, 5.74) is 2.83. The maximum atomic E-state index is 12.1. The van der Waals surface area contributed by atoms with Crippen molar-refractivity contribution in [3.63, 3.8) is 0 Å². The highest BCUT2D eigenvalue weighted by Crippen LogP contribution is 2.31. The maximum absolute atomic E-state index is 12.1. The predicted octanol–water partition coefficient (Wildman–Crippen LogP) is 5.10. The molecule has 0 aliphatic heterocycles. The van der Waals surface area contributed by atoms with Crippen molar-refractivity contribution in [2.75, 3.05) is 11.9 Å². The van der Waals surface area contributed by atoms with E-state index in [0.29, 0.717) is 15.9 Å². The van der Waals surface area contributed by atoms with Gasteiger partial charge in [0.05, 0.1) is 5.69 Å². The van der Waals surface area contributed by atoms with E-state index in [-0.39, 0.29) is 12.5 Å². The van der Waals surface area contributed by atoms with Crippen molar-refractivity contribution < 1.29 is 9.53 Å². The first-order valence-corrected chi connectivity index (χ1v) is 8.93. The monoisotopic (exact) mass is 372 g/mol. The van der Waals surface area contributed by atoms with E-state index in [0.717, 1.165) is 21.7 Å². The Morgan fingerprint density at radius 1 is 1.20 bits per heavy atom. The molecule has 0 bridgehead atoms. The molecular formula is C19H17ClN2O2S. The predicted molar refractivity (Wildman–Crippen MR) is 103 cm³/mol. The number of ether oxygens (including phenoxy) is 1. The number of hydrogen-bond acceptors (Lipinski definition) is 4. The van der Waals surface area contributed by atoms with Crippen molar-refractivity contribution >= 4 is 34.0 Å². The Morgan fingerprint density at radius 2 is 2.00 bits per heavy atom. The van der Waals surface area contributed by atoms with Gasteiger partial charge in [-0.1, -0.05) is 35.9 Å². The fourth-order valence-electron chi connectivity index (χ4n) is 2.36. The summed E-state index contributed by atoms with van der Waals surface area (Å²) in [5, 5.41) is 3.98. The molecule has 1 N–H and O–H groups in total.